The van der Waals surface area contributed by atoms with Gasteiger partial charge in [0.1, 0.15) is 23.9 Å². The van der Waals surface area contributed by atoms with E-state index in [0.717, 1.165) is 12.0 Å². The summed E-state index contributed by atoms with van der Waals surface area (Å²) in [6.07, 6.45) is 10.8. The van der Waals surface area contributed by atoms with Crippen molar-refractivity contribution in [3.05, 3.63) is 34.9 Å². The number of rotatable bonds is 9. The smallest absolute Gasteiger partial charge is 0.244 e. The fraction of sp³-hybridized carbons (Fsp3) is 0.696. The van der Waals surface area contributed by atoms with Crippen LogP contribution in [0.3, 0.4) is 0 Å². The van der Waals surface area contributed by atoms with Gasteiger partial charge in [0.25, 0.3) is 0 Å². The fourth-order valence-electron chi connectivity index (χ4n) is 4.43. The van der Waals surface area contributed by atoms with Crippen LogP contribution in [0, 0.1) is 5.92 Å². The fourth-order valence-corrected chi connectivity index (χ4v) is 4.74. The molecule has 0 aromatic heterocycles. The highest BCUT2D eigenvalue weighted by Gasteiger charge is 2.65. The maximum Gasteiger partial charge on any atom is 0.244 e. The molecular formula is C23H34ClNO5. The molecule has 1 amide bonds. The van der Waals surface area contributed by atoms with Gasteiger partial charge >= 0.3 is 0 Å². The van der Waals surface area contributed by atoms with E-state index < -0.39 is 30.1 Å². The number of carbonyl (C=O) groups excluding carboxylic acids is 1. The van der Waals surface area contributed by atoms with E-state index in [-0.39, 0.29) is 17.0 Å². The Morgan fingerprint density at radius 3 is 2.87 bits per heavy atom. The minimum Gasteiger partial charge on any atom is -0.385 e. The van der Waals surface area contributed by atoms with Crippen LogP contribution in [0.2, 0.25) is 0 Å². The molecule has 7 heteroatoms. The lowest BCUT2D eigenvalue weighted by Crippen LogP contribution is -2.42. The Morgan fingerprint density at radius 2 is 2.13 bits per heavy atom. The first-order valence-corrected chi connectivity index (χ1v) is 11.4. The van der Waals surface area contributed by atoms with E-state index in [1.807, 2.05) is 6.92 Å². The van der Waals surface area contributed by atoms with Crippen molar-refractivity contribution < 1.29 is 24.5 Å². The van der Waals surface area contributed by atoms with Crippen LogP contribution in [-0.4, -0.2) is 52.4 Å². The summed E-state index contributed by atoms with van der Waals surface area (Å²) in [7, 11) is 0. The van der Waals surface area contributed by atoms with Gasteiger partial charge in [-0.15, -0.1) is 0 Å². The first-order valence-electron chi connectivity index (χ1n) is 11.0. The Balaban J connectivity index is 1.50. The van der Waals surface area contributed by atoms with Gasteiger partial charge in [-0.3, -0.25) is 4.79 Å². The second kappa shape index (κ2) is 9.96. The second-order valence-corrected chi connectivity index (χ2v) is 9.29. The van der Waals surface area contributed by atoms with Crippen molar-refractivity contribution in [1.82, 2.24) is 5.32 Å². The van der Waals surface area contributed by atoms with Gasteiger partial charge < -0.3 is 25.0 Å². The number of fused-ring (bicyclic) bond motifs is 2. The zero-order valence-corrected chi connectivity index (χ0v) is 18.8. The normalized spacial score (nSPS) is 36.7. The number of hydrogen-bond donors (Lipinski definition) is 3. The van der Waals surface area contributed by atoms with E-state index in [9.17, 15) is 15.0 Å². The molecule has 30 heavy (non-hydrogen) atoms. The van der Waals surface area contributed by atoms with Gasteiger partial charge in [0.2, 0.25) is 5.91 Å². The Morgan fingerprint density at radius 1 is 1.37 bits per heavy atom. The van der Waals surface area contributed by atoms with Gasteiger partial charge in [0, 0.05) is 17.5 Å². The topological polar surface area (TPSA) is 91.3 Å². The first-order chi connectivity index (χ1) is 14.3. The van der Waals surface area contributed by atoms with Crippen LogP contribution in [0.1, 0.15) is 59.3 Å². The predicted octanol–water partition coefficient (Wildman–Crippen LogP) is 3.32. The molecule has 7 unspecified atom stereocenters. The highest BCUT2D eigenvalue weighted by Crippen LogP contribution is 2.50. The van der Waals surface area contributed by atoms with Gasteiger partial charge in [-0.1, -0.05) is 68.9 Å². The zero-order valence-electron chi connectivity index (χ0n) is 18.0. The maximum atomic E-state index is 12.4. The molecule has 2 saturated heterocycles. The summed E-state index contributed by atoms with van der Waals surface area (Å²) < 4.78 is 11.2. The molecule has 3 rings (SSSR count). The molecular weight excluding hydrogens is 406 g/mol. The van der Waals surface area contributed by atoms with Crippen LogP contribution < -0.4 is 5.32 Å². The molecule has 3 aliphatic rings. The van der Waals surface area contributed by atoms with Gasteiger partial charge in [0.15, 0.2) is 6.29 Å². The number of halogens is 1. The molecule has 0 aromatic carbocycles. The van der Waals surface area contributed by atoms with Crippen molar-refractivity contribution in [2.75, 3.05) is 0 Å². The van der Waals surface area contributed by atoms with E-state index in [2.05, 4.69) is 25.2 Å². The van der Waals surface area contributed by atoms with E-state index >= 15 is 0 Å². The van der Waals surface area contributed by atoms with Crippen LogP contribution in [0.15, 0.2) is 34.9 Å². The summed E-state index contributed by atoms with van der Waals surface area (Å²) in [5, 5.41) is 23.3. The summed E-state index contributed by atoms with van der Waals surface area (Å²) in [5.74, 6) is 0.186. The molecule has 2 aliphatic heterocycles. The van der Waals surface area contributed by atoms with Gasteiger partial charge in [-0.2, -0.15) is 0 Å². The SMILES string of the molecule is CCCCCCC(C)C=C(C)C=CC(=O)NC1CC2(C=C(Cl)C(O)C3OC32)OC1O. The van der Waals surface area contributed by atoms with Crippen LogP contribution in [0.25, 0.3) is 0 Å². The number of carbonyl (C=O) groups is 1. The number of ether oxygens (including phenoxy) is 2. The molecule has 168 valence electrons. The molecule has 3 N–H and O–H groups in total. The van der Waals surface area contributed by atoms with E-state index in [1.165, 1.54) is 31.8 Å². The number of hydrogen-bond acceptors (Lipinski definition) is 5. The molecule has 2 heterocycles. The average molecular weight is 440 g/mol. The van der Waals surface area contributed by atoms with Gasteiger partial charge in [-0.25, -0.2) is 0 Å². The lowest BCUT2D eigenvalue weighted by molar-refractivity contribution is -0.137. The highest BCUT2D eigenvalue weighted by molar-refractivity contribution is 6.30. The van der Waals surface area contributed by atoms with Gasteiger partial charge in [0.05, 0.1) is 6.04 Å². The van der Waals surface area contributed by atoms with Gasteiger partial charge in [-0.05, 0) is 25.3 Å². The van der Waals surface area contributed by atoms with E-state index in [0.29, 0.717) is 12.3 Å². The highest BCUT2D eigenvalue weighted by atomic mass is 35.5. The molecule has 6 nitrogen and oxygen atoms in total. The monoisotopic (exact) mass is 439 g/mol. The number of epoxide rings is 1. The predicted molar refractivity (Wildman–Crippen MR) is 116 cm³/mol. The van der Waals surface area contributed by atoms with Crippen molar-refractivity contribution >= 4 is 17.5 Å². The summed E-state index contributed by atoms with van der Waals surface area (Å²) in [6.45, 7) is 6.39. The minimum absolute atomic E-state index is 0.248. The molecule has 0 radical (unpaired) electrons. The summed E-state index contributed by atoms with van der Waals surface area (Å²) in [4.78, 5) is 12.4. The molecule has 7 atom stereocenters. The van der Waals surface area contributed by atoms with Crippen molar-refractivity contribution in [2.45, 2.75) is 95.5 Å². The van der Waals surface area contributed by atoms with Crippen molar-refractivity contribution in [3.8, 4) is 0 Å². The van der Waals surface area contributed by atoms with Crippen molar-refractivity contribution in [1.29, 1.82) is 0 Å². The number of amides is 1. The lowest BCUT2D eigenvalue weighted by Gasteiger charge is -2.27. The van der Waals surface area contributed by atoms with Crippen molar-refractivity contribution in [3.63, 3.8) is 0 Å². The number of allylic oxidation sites excluding steroid dienone is 3. The minimum atomic E-state index is -1.16. The molecule has 1 spiro atoms. The van der Waals surface area contributed by atoms with Crippen LogP contribution in [0.5, 0.6) is 0 Å². The Hall–Kier alpha value is -1.18. The molecule has 0 bridgehead atoms. The van der Waals surface area contributed by atoms with Crippen molar-refractivity contribution in [2.24, 2.45) is 5.92 Å². The summed E-state index contributed by atoms with van der Waals surface area (Å²) in [5.41, 5.74) is 0.128. The molecule has 1 aliphatic carbocycles. The largest absolute Gasteiger partial charge is 0.385 e. The lowest BCUT2D eigenvalue weighted by atomic mass is 9.86. The Bertz CT molecular complexity index is 720. The molecule has 0 saturated carbocycles. The number of aliphatic hydroxyl groups is 2. The standard InChI is InChI=1S/C23H34ClNO5/c1-4-5-6-7-8-14(2)11-15(3)9-10-18(26)25-17-13-23(30-22(17)28)12-16(24)19(27)20-21(23)29-20/h9-12,14,17,19-22,27-28H,4-8,13H2,1-3H3,(H,25,26). The Kier molecular flexibility index (Phi) is 7.80. The van der Waals surface area contributed by atoms with E-state index in [1.54, 1.807) is 12.2 Å². The summed E-state index contributed by atoms with van der Waals surface area (Å²) >= 11 is 6.10. The number of aliphatic hydroxyl groups excluding tert-OH is 2. The maximum absolute atomic E-state index is 12.4. The number of unbranched alkanes of at least 4 members (excludes halogenated alkanes) is 3. The third-order valence-electron chi connectivity index (χ3n) is 6.09. The second-order valence-electron chi connectivity index (χ2n) is 8.85. The molecule has 0 aromatic rings. The van der Waals surface area contributed by atoms with E-state index in [4.69, 9.17) is 21.1 Å². The van der Waals surface area contributed by atoms with Crippen LogP contribution in [0.4, 0.5) is 0 Å². The quantitative estimate of drug-likeness (QED) is 0.222. The first kappa shape index (κ1) is 23.5. The van der Waals surface area contributed by atoms with Crippen LogP contribution >= 0.6 is 11.6 Å². The third kappa shape index (κ3) is 5.54. The Labute approximate surface area is 184 Å². The van der Waals surface area contributed by atoms with Crippen LogP contribution in [-0.2, 0) is 14.3 Å². The molecule has 2 fully saturated rings. The number of nitrogens with one attached hydrogen (secondary N) is 1. The zero-order chi connectivity index (χ0) is 21.9. The summed E-state index contributed by atoms with van der Waals surface area (Å²) in [6, 6.07) is -0.579. The average Bonchev–Trinajstić information content (AvgIpc) is 3.44. The third-order valence-corrected chi connectivity index (χ3v) is 6.42.